The molecule has 7 heteroatoms. The van der Waals surface area contributed by atoms with E-state index in [-0.39, 0.29) is 19.0 Å². The Labute approximate surface area is 110 Å². The zero-order valence-corrected chi connectivity index (χ0v) is 10.5. The molecule has 0 fully saturated rings. The van der Waals surface area contributed by atoms with Crippen LogP contribution in [0.3, 0.4) is 0 Å². The minimum atomic E-state index is -0.0812. The number of benzene rings is 1. The monoisotopic (exact) mass is 273 g/mol. The molecule has 0 unspecified atom stereocenters. The highest BCUT2D eigenvalue weighted by atomic mass is 35.5. The van der Waals surface area contributed by atoms with Crippen molar-refractivity contribution in [1.82, 2.24) is 0 Å². The Morgan fingerprint density at radius 3 is 2.39 bits per heavy atom. The van der Waals surface area contributed by atoms with Crippen LogP contribution in [0.2, 0.25) is 5.02 Å². The molecule has 0 amide bonds. The van der Waals surface area contributed by atoms with E-state index in [2.05, 4.69) is 5.16 Å². The maximum Gasteiger partial charge on any atom is 0.172 e. The average Bonchev–Trinajstić information content (AvgIpc) is 2.37. The van der Waals surface area contributed by atoms with Crippen molar-refractivity contribution in [2.24, 2.45) is 10.9 Å². The highest BCUT2D eigenvalue weighted by molar-refractivity contribution is 6.31. The molecule has 0 bridgehead atoms. The predicted molar refractivity (Wildman–Crippen MR) is 70.3 cm³/mol. The van der Waals surface area contributed by atoms with Gasteiger partial charge in [-0.3, -0.25) is 0 Å². The Kier molecular flexibility index (Phi) is 5.70. The molecule has 0 heterocycles. The van der Waals surface area contributed by atoms with Gasteiger partial charge in [-0.05, 0) is 18.2 Å². The summed E-state index contributed by atoms with van der Waals surface area (Å²) in [6.07, 6.45) is 0. The highest BCUT2D eigenvalue weighted by Crippen LogP contribution is 2.24. The lowest BCUT2D eigenvalue weighted by atomic mass is 10.1. The standard InChI is InChI=1S/C11H16ClN3O3/c12-8-1-2-9(11(13)14-18)10(7-8)15(3-5-16)4-6-17/h1-2,7,16-18H,3-6H2,(H2,13,14). The van der Waals surface area contributed by atoms with Crippen molar-refractivity contribution >= 4 is 23.1 Å². The van der Waals surface area contributed by atoms with Gasteiger partial charge in [0.25, 0.3) is 0 Å². The van der Waals surface area contributed by atoms with E-state index >= 15 is 0 Å². The molecule has 0 atom stereocenters. The summed E-state index contributed by atoms with van der Waals surface area (Å²) in [5, 5.41) is 30.2. The maximum atomic E-state index is 9.01. The number of aliphatic hydroxyl groups is 2. The Morgan fingerprint density at radius 2 is 1.89 bits per heavy atom. The normalized spacial score (nSPS) is 11.6. The van der Waals surface area contributed by atoms with Gasteiger partial charge in [-0.2, -0.15) is 0 Å². The molecule has 0 radical (unpaired) electrons. The van der Waals surface area contributed by atoms with Gasteiger partial charge in [0.05, 0.1) is 13.2 Å². The Balaban J connectivity index is 3.20. The lowest BCUT2D eigenvalue weighted by Gasteiger charge is -2.25. The summed E-state index contributed by atoms with van der Waals surface area (Å²) in [5.41, 5.74) is 6.67. The van der Waals surface area contributed by atoms with Gasteiger partial charge in [-0.1, -0.05) is 16.8 Å². The van der Waals surface area contributed by atoms with Crippen molar-refractivity contribution in [3.05, 3.63) is 28.8 Å². The van der Waals surface area contributed by atoms with Crippen molar-refractivity contribution in [2.45, 2.75) is 0 Å². The van der Waals surface area contributed by atoms with Crippen LogP contribution in [-0.4, -0.2) is 47.6 Å². The summed E-state index contributed by atoms with van der Waals surface area (Å²) in [6.45, 7) is 0.462. The van der Waals surface area contributed by atoms with Crippen LogP contribution < -0.4 is 10.6 Å². The first-order chi connectivity index (χ1) is 8.63. The highest BCUT2D eigenvalue weighted by Gasteiger charge is 2.14. The summed E-state index contributed by atoms with van der Waals surface area (Å²) in [7, 11) is 0. The molecule has 1 rings (SSSR count). The minimum absolute atomic E-state index is 0.0532. The molecule has 0 saturated carbocycles. The van der Waals surface area contributed by atoms with Gasteiger partial charge in [-0.15, -0.1) is 0 Å². The van der Waals surface area contributed by atoms with Gasteiger partial charge in [0, 0.05) is 29.4 Å². The minimum Gasteiger partial charge on any atom is -0.409 e. The quantitative estimate of drug-likeness (QED) is 0.257. The van der Waals surface area contributed by atoms with E-state index in [1.165, 1.54) is 0 Å². The Bertz CT molecular complexity index is 420. The molecule has 0 saturated heterocycles. The lowest BCUT2D eigenvalue weighted by Crippen LogP contribution is -2.32. The molecule has 0 aromatic heterocycles. The van der Waals surface area contributed by atoms with E-state index in [9.17, 15) is 0 Å². The fourth-order valence-corrected chi connectivity index (χ4v) is 1.80. The summed E-state index contributed by atoms with van der Waals surface area (Å²) in [5.74, 6) is -0.0532. The third kappa shape index (κ3) is 3.49. The van der Waals surface area contributed by atoms with Crippen LogP contribution in [0.1, 0.15) is 5.56 Å². The fraction of sp³-hybridized carbons (Fsp3) is 0.364. The van der Waals surface area contributed by atoms with Gasteiger partial charge in [-0.25, -0.2) is 0 Å². The zero-order valence-electron chi connectivity index (χ0n) is 9.75. The number of rotatable bonds is 6. The SMILES string of the molecule is NC(=NO)c1ccc(Cl)cc1N(CCO)CCO. The topological polar surface area (TPSA) is 102 Å². The first-order valence-electron chi connectivity index (χ1n) is 5.38. The largest absolute Gasteiger partial charge is 0.409 e. The third-order valence-corrected chi connectivity index (χ3v) is 2.66. The summed E-state index contributed by atoms with van der Waals surface area (Å²) < 4.78 is 0. The molecular formula is C11H16ClN3O3. The van der Waals surface area contributed by atoms with Gasteiger partial charge in [0.15, 0.2) is 5.84 Å². The van der Waals surface area contributed by atoms with E-state index < -0.39 is 0 Å². The van der Waals surface area contributed by atoms with Crippen molar-refractivity contribution in [2.75, 3.05) is 31.2 Å². The molecule has 100 valence electrons. The molecule has 1 aromatic rings. The molecule has 0 spiro atoms. The summed E-state index contributed by atoms with van der Waals surface area (Å²) in [6, 6.07) is 4.88. The van der Waals surface area contributed by atoms with E-state index in [0.29, 0.717) is 29.4 Å². The fourth-order valence-electron chi connectivity index (χ4n) is 1.63. The van der Waals surface area contributed by atoms with E-state index in [1.54, 1.807) is 23.1 Å². The second kappa shape index (κ2) is 7.05. The van der Waals surface area contributed by atoms with Gasteiger partial charge in [0.1, 0.15) is 0 Å². The molecule has 1 aromatic carbocycles. The van der Waals surface area contributed by atoms with Crippen LogP contribution in [0.25, 0.3) is 0 Å². The summed E-state index contributed by atoms with van der Waals surface area (Å²) >= 11 is 5.91. The van der Waals surface area contributed by atoms with Crippen LogP contribution >= 0.6 is 11.6 Å². The van der Waals surface area contributed by atoms with E-state index in [4.69, 9.17) is 32.8 Å². The number of nitrogens with zero attached hydrogens (tertiary/aromatic N) is 2. The zero-order chi connectivity index (χ0) is 13.5. The number of hydrogen-bond acceptors (Lipinski definition) is 5. The first kappa shape index (κ1) is 14.6. The van der Waals surface area contributed by atoms with E-state index in [0.717, 1.165) is 0 Å². The molecule has 0 aliphatic rings. The van der Waals surface area contributed by atoms with Gasteiger partial charge >= 0.3 is 0 Å². The smallest absolute Gasteiger partial charge is 0.172 e. The second-order valence-corrected chi connectivity index (χ2v) is 4.02. The number of halogens is 1. The molecule has 6 nitrogen and oxygen atoms in total. The molecule has 0 aliphatic heterocycles. The first-order valence-corrected chi connectivity index (χ1v) is 5.76. The van der Waals surface area contributed by atoms with Crippen molar-refractivity contribution in [3.8, 4) is 0 Å². The molecule has 5 N–H and O–H groups in total. The molecule has 0 aliphatic carbocycles. The lowest BCUT2D eigenvalue weighted by molar-refractivity contribution is 0.281. The maximum absolute atomic E-state index is 9.01. The van der Waals surface area contributed by atoms with Gasteiger partial charge in [0.2, 0.25) is 0 Å². The van der Waals surface area contributed by atoms with Crippen molar-refractivity contribution in [3.63, 3.8) is 0 Å². The number of nitrogens with two attached hydrogens (primary N) is 1. The number of oxime groups is 1. The van der Waals surface area contributed by atoms with Crippen molar-refractivity contribution < 1.29 is 15.4 Å². The summed E-state index contributed by atoms with van der Waals surface area (Å²) in [4.78, 5) is 1.71. The average molecular weight is 274 g/mol. The van der Waals surface area contributed by atoms with Crippen LogP contribution in [0, 0.1) is 0 Å². The second-order valence-electron chi connectivity index (χ2n) is 3.58. The van der Waals surface area contributed by atoms with Crippen LogP contribution in [0.15, 0.2) is 23.4 Å². The number of hydrogen-bond donors (Lipinski definition) is 4. The van der Waals surface area contributed by atoms with Crippen LogP contribution in [0.5, 0.6) is 0 Å². The van der Waals surface area contributed by atoms with E-state index in [1.807, 2.05) is 0 Å². The molecule has 18 heavy (non-hydrogen) atoms. The third-order valence-electron chi connectivity index (χ3n) is 2.42. The Morgan fingerprint density at radius 1 is 1.28 bits per heavy atom. The predicted octanol–water partition coefficient (Wildman–Crippen LogP) is 0.225. The van der Waals surface area contributed by atoms with Crippen molar-refractivity contribution in [1.29, 1.82) is 0 Å². The van der Waals surface area contributed by atoms with Gasteiger partial charge < -0.3 is 26.1 Å². The van der Waals surface area contributed by atoms with Crippen LogP contribution in [-0.2, 0) is 0 Å². The number of amidine groups is 1. The number of anilines is 1. The molecular weight excluding hydrogens is 258 g/mol. The Hall–Kier alpha value is -1.50. The van der Waals surface area contributed by atoms with Crippen LogP contribution in [0.4, 0.5) is 5.69 Å². The number of aliphatic hydroxyl groups excluding tert-OH is 2.